The van der Waals surface area contributed by atoms with Crippen LogP contribution in [0.2, 0.25) is 0 Å². The normalized spacial score (nSPS) is 11.4. The number of ketones is 1. The third-order valence-electron chi connectivity index (χ3n) is 2.25. The van der Waals surface area contributed by atoms with E-state index in [0.29, 0.717) is 0 Å². The molecule has 0 spiro atoms. The zero-order valence-corrected chi connectivity index (χ0v) is 9.27. The Labute approximate surface area is 98.6 Å². The molecule has 0 N–H and O–H groups in total. The molecular weight excluding hydrogens is 223 g/mol. The molecule has 0 aliphatic rings. The predicted octanol–water partition coefficient (Wildman–Crippen LogP) is 1.82. The van der Waals surface area contributed by atoms with Crippen LogP contribution in [0.25, 0.3) is 0 Å². The molecule has 0 aromatic heterocycles. The van der Waals surface area contributed by atoms with Crippen molar-refractivity contribution in [3.05, 3.63) is 35.6 Å². The van der Waals surface area contributed by atoms with E-state index in [1.54, 1.807) is 0 Å². The van der Waals surface area contributed by atoms with E-state index in [0.717, 1.165) is 12.1 Å². The highest BCUT2D eigenvalue weighted by atomic mass is 19.1. The first-order chi connectivity index (χ1) is 8.10. The summed E-state index contributed by atoms with van der Waals surface area (Å²) in [5.41, 5.74) is 0.233. The lowest BCUT2D eigenvalue weighted by molar-refractivity contribution is -0.143. The second-order valence-corrected chi connectivity index (χ2v) is 3.36. The Kier molecular flexibility index (Phi) is 4.41. The first-order valence-electron chi connectivity index (χ1n) is 4.91. The number of esters is 1. The number of Topliss-reactive ketones (excluding diaryl/α,β-unsaturated/α-hetero) is 1. The molecule has 0 bridgehead atoms. The zero-order valence-electron chi connectivity index (χ0n) is 9.27. The van der Waals surface area contributed by atoms with Gasteiger partial charge in [-0.1, -0.05) is 0 Å². The molecule has 0 aliphatic heterocycles. The van der Waals surface area contributed by atoms with Crippen LogP contribution in [0.3, 0.4) is 0 Å². The molecule has 0 heterocycles. The van der Waals surface area contributed by atoms with Crippen molar-refractivity contribution in [1.29, 1.82) is 0 Å². The number of methoxy groups -OCH3 is 1. The minimum atomic E-state index is -1.03. The first kappa shape index (κ1) is 12.9. The zero-order chi connectivity index (χ0) is 12.8. The van der Waals surface area contributed by atoms with Crippen molar-refractivity contribution in [3.63, 3.8) is 0 Å². The van der Waals surface area contributed by atoms with Crippen LogP contribution < -0.4 is 0 Å². The van der Waals surface area contributed by atoms with Crippen molar-refractivity contribution in [2.45, 2.75) is 6.42 Å². The maximum absolute atomic E-state index is 12.7. The van der Waals surface area contributed by atoms with E-state index in [2.05, 4.69) is 10.7 Å². The van der Waals surface area contributed by atoms with Crippen molar-refractivity contribution in [1.82, 2.24) is 0 Å². The van der Waals surface area contributed by atoms with Gasteiger partial charge < -0.3 is 4.74 Å². The van der Waals surface area contributed by atoms with Gasteiger partial charge in [-0.3, -0.25) is 9.59 Å². The highest BCUT2D eigenvalue weighted by molar-refractivity contribution is 6.08. The highest BCUT2D eigenvalue weighted by Gasteiger charge is 2.27. The second-order valence-electron chi connectivity index (χ2n) is 3.36. The van der Waals surface area contributed by atoms with Crippen LogP contribution in [0.4, 0.5) is 4.39 Å². The molecule has 0 fully saturated rings. The third-order valence-corrected chi connectivity index (χ3v) is 2.25. The lowest BCUT2D eigenvalue weighted by atomic mass is 9.95. The van der Waals surface area contributed by atoms with Gasteiger partial charge in [-0.05, 0) is 24.3 Å². The van der Waals surface area contributed by atoms with Crippen molar-refractivity contribution in [3.8, 4) is 12.3 Å². The van der Waals surface area contributed by atoms with Crippen LogP contribution in [0.5, 0.6) is 0 Å². The van der Waals surface area contributed by atoms with E-state index in [9.17, 15) is 14.0 Å². The number of carbonyl (C=O) groups is 2. The van der Waals surface area contributed by atoms with Crippen LogP contribution in [-0.2, 0) is 9.53 Å². The molecular formula is C13H11FO3. The predicted molar refractivity (Wildman–Crippen MR) is 59.7 cm³/mol. The van der Waals surface area contributed by atoms with Gasteiger partial charge in [0, 0.05) is 12.0 Å². The van der Waals surface area contributed by atoms with Crippen LogP contribution >= 0.6 is 0 Å². The van der Waals surface area contributed by atoms with Gasteiger partial charge in [-0.15, -0.1) is 12.3 Å². The molecule has 17 heavy (non-hydrogen) atoms. The van der Waals surface area contributed by atoms with E-state index in [4.69, 9.17) is 6.42 Å². The molecule has 1 atom stereocenters. The highest BCUT2D eigenvalue weighted by Crippen LogP contribution is 2.14. The van der Waals surface area contributed by atoms with Gasteiger partial charge in [0.15, 0.2) is 5.78 Å². The van der Waals surface area contributed by atoms with Crippen LogP contribution in [0.15, 0.2) is 24.3 Å². The molecule has 1 aromatic rings. The molecule has 3 nitrogen and oxygen atoms in total. The molecule has 0 saturated heterocycles. The maximum atomic E-state index is 12.7. The maximum Gasteiger partial charge on any atom is 0.317 e. The number of ether oxygens (including phenoxy) is 1. The lowest BCUT2D eigenvalue weighted by Crippen LogP contribution is -2.25. The molecule has 1 rings (SSSR count). The number of benzene rings is 1. The molecule has 4 heteroatoms. The Morgan fingerprint density at radius 3 is 2.47 bits per heavy atom. The monoisotopic (exact) mass is 234 g/mol. The summed E-state index contributed by atoms with van der Waals surface area (Å²) >= 11 is 0. The Hall–Kier alpha value is -2.15. The van der Waals surface area contributed by atoms with Gasteiger partial charge in [0.1, 0.15) is 11.7 Å². The Bertz CT molecular complexity index is 457. The molecule has 1 unspecified atom stereocenters. The minimum absolute atomic E-state index is 0.0388. The lowest BCUT2D eigenvalue weighted by Gasteiger charge is -2.10. The SMILES string of the molecule is C#CCC(C(=O)OC)C(=O)c1ccc(F)cc1. The topological polar surface area (TPSA) is 43.4 Å². The van der Waals surface area contributed by atoms with Crippen LogP contribution in [-0.4, -0.2) is 18.9 Å². The fourth-order valence-electron chi connectivity index (χ4n) is 1.36. The fourth-order valence-corrected chi connectivity index (χ4v) is 1.36. The van der Waals surface area contributed by atoms with Gasteiger partial charge >= 0.3 is 5.97 Å². The molecule has 0 aliphatic carbocycles. The van der Waals surface area contributed by atoms with Crippen molar-refractivity contribution >= 4 is 11.8 Å². The smallest absolute Gasteiger partial charge is 0.317 e. The summed E-state index contributed by atoms with van der Waals surface area (Å²) in [5, 5.41) is 0. The average Bonchev–Trinajstić information content (AvgIpc) is 2.35. The van der Waals surface area contributed by atoms with E-state index in [1.807, 2.05) is 0 Å². The fraction of sp³-hybridized carbons (Fsp3) is 0.231. The number of halogens is 1. The van der Waals surface area contributed by atoms with Gasteiger partial charge in [-0.25, -0.2) is 4.39 Å². The van der Waals surface area contributed by atoms with Crippen molar-refractivity contribution in [2.75, 3.05) is 7.11 Å². The van der Waals surface area contributed by atoms with E-state index < -0.39 is 23.5 Å². The van der Waals surface area contributed by atoms with Gasteiger partial charge in [-0.2, -0.15) is 0 Å². The Balaban J connectivity index is 2.96. The van der Waals surface area contributed by atoms with Crippen molar-refractivity contribution in [2.24, 2.45) is 5.92 Å². The minimum Gasteiger partial charge on any atom is -0.468 e. The summed E-state index contributed by atoms with van der Waals surface area (Å²) in [7, 11) is 1.18. The van der Waals surface area contributed by atoms with Crippen LogP contribution in [0.1, 0.15) is 16.8 Å². The third kappa shape index (κ3) is 3.15. The van der Waals surface area contributed by atoms with E-state index in [-0.39, 0.29) is 12.0 Å². The molecule has 0 amide bonds. The number of carbonyl (C=O) groups excluding carboxylic acids is 2. The number of hydrogen-bond acceptors (Lipinski definition) is 3. The van der Waals surface area contributed by atoms with Crippen molar-refractivity contribution < 1.29 is 18.7 Å². The largest absolute Gasteiger partial charge is 0.468 e. The standard InChI is InChI=1S/C13H11FO3/c1-3-4-11(13(16)17-2)12(15)9-5-7-10(14)8-6-9/h1,5-8,11H,4H2,2H3. The Morgan fingerprint density at radius 1 is 1.41 bits per heavy atom. The molecule has 0 saturated carbocycles. The van der Waals surface area contributed by atoms with E-state index in [1.165, 1.54) is 19.2 Å². The number of rotatable bonds is 4. The average molecular weight is 234 g/mol. The van der Waals surface area contributed by atoms with Gasteiger partial charge in [0.2, 0.25) is 0 Å². The first-order valence-corrected chi connectivity index (χ1v) is 4.91. The Morgan fingerprint density at radius 2 is 2.00 bits per heavy atom. The number of hydrogen-bond donors (Lipinski definition) is 0. The summed E-state index contributed by atoms with van der Waals surface area (Å²) in [4.78, 5) is 23.3. The summed E-state index contributed by atoms with van der Waals surface area (Å²) < 4.78 is 17.2. The van der Waals surface area contributed by atoms with Gasteiger partial charge in [0.05, 0.1) is 7.11 Å². The quantitative estimate of drug-likeness (QED) is 0.345. The number of terminal acetylenes is 1. The summed E-state index contributed by atoms with van der Waals surface area (Å²) in [6.45, 7) is 0. The summed E-state index contributed by atoms with van der Waals surface area (Å²) in [6.07, 6.45) is 5.05. The molecule has 88 valence electrons. The van der Waals surface area contributed by atoms with Crippen LogP contribution in [0, 0.1) is 24.1 Å². The summed E-state index contributed by atoms with van der Waals surface area (Å²) in [6, 6.07) is 4.92. The molecule has 1 aromatic carbocycles. The summed E-state index contributed by atoms with van der Waals surface area (Å²) in [5.74, 6) is -0.380. The van der Waals surface area contributed by atoms with E-state index >= 15 is 0 Å². The second kappa shape index (κ2) is 5.80. The van der Waals surface area contributed by atoms with Gasteiger partial charge in [0.25, 0.3) is 0 Å². The molecule has 0 radical (unpaired) electrons.